The molecule has 1 aromatic heterocycles. The summed E-state index contributed by atoms with van der Waals surface area (Å²) in [6.45, 7) is 3.32. The molecule has 1 heterocycles. The van der Waals surface area contributed by atoms with E-state index in [1.807, 2.05) is 37.3 Å². The minimum Gasteiger partial charge on any atom is -0.489 e. The molecule has 4 nitrogen and oxygen atoms in total. The van der Waals surface area contributed by atoms with Gasteiger partial charge in [-0.25, -0.2) is 0 Å². The lowest BCUT2D eigenvalue weighted by Crippen LogP contribution is -2.26. The first-order valence-corrected chi connectivity index (χ1v) is 7.71. The number of nitrogens with zero attached hydrogens (tertiary/aromatic N) is 1. The van der Waals surface area contributed by atoms with Gasteiger partial charge in [0.25, 0.3) is 0 Å². The Morgan fingerprint density at radius 3 is 2.95 bits per heavy atom. The molecule has 22 heavy (non-hydrogen) atoms. The minimum atomic E-state index is 0.175. The SMILES string of the molecule is CC(CCO)NCc1cc(Cl)ccc1OCc1cccnc1. The number of aliphatic hydroxyl groups is 1. The number of hydrogen-bond acceptors (Lipinski definition) is 4. The molecule has 0 bridgehead atoms. The number of benzene rings is 1. The van der Waals surface area contributed by atoms with Crippen LogP contribution in [0.5, 0.6) is 5.75 Å². The Morgan fingerprint density at radius 1 is 1.36 bits per heavy atom. The van der Waals surface area contributed by atoms with Gasteiger partial charge in [-0.3, -0.25) is 4.98 Å². The van der Waals surface area contributed by atoms with E-state index in [9.17, 15) is 0 Å². The third-order valence-electron chi connectivity index (χ3n) is 3.34. The molecule has 2 N–H and O–H groups in total. The number of pyridine rings is 1. The van der Waals surface area contributed by atoms with Crippen molar-refractivity contribution in [3.63, 3.8) is 0 Å². The molecule has 0 amide bonds. The monoisotopic (exact) mass is 320 g/mol. The van der Waals surface area contributed by atoms with Crippen LogP contribution in [0.2, 0.25) is 5.02 Å². The molecule has 1 atom stereocenters. The van der Waals surface area contributed by atoms with Crippen molar-refractivity contribution in [1.82, 2.24) is 10.3 Å². The highest BCUT2D eigenvalue weighted by molar-refractivity contribution is 6.30. The fourth-order valence-electron chi connectivity index (χ4n) is 2.05. The summed E-state index contributed by atoms with van der Waals surface area (Å²) in [4.78, 5) is 4.08. The minimum absolute atomic E-state index is 0.175. The number of halogens is 1. The van der Waals surface area contributed by atoms with Crippen LogP contribution in [0.1, 0.15) is 24.5 Å². The van der Waals surface area contributed by atoms with Crippen molar-refractivity contribution in [2.24, 2.45) is 0 Å². The van der Waals surface area contributed by atoms with E-state index in [-0.39, 0.29) is 12.6 Å². The van der Waals surface area contributed by atoms with E-state index in [4.69, 9.17) is 21.4 Å². The summed E-state index contributed by atoms with van der Waals surface area (Å²) in [5.74, 6) is 0.803. The first-order valence-electron chi connectivity index (χ1n) is 7.33. The fraction of sp³-hybridized carbons (Fsp3) is 0.353. The van der Waals surface area contributed by atoms with Crippen LogP contribution < -0.4 is 10.1 Å². The second-order valence-corrected chi connectivity index (χ2v) is 5.63. The van der Waals surface area contributed by atoms with Crippen LogP contribution in [0.4, 0.5) is 0 Å². The molecule has 1 unspecified atom stereocenters. The number of ether oxygens (including phenoxy) is 1. The molecular weight excluding hydrogens is 300 g/mol. The van der Waals surface area contributed by atoms with Crippen molar-refractivity contribution in [1.29, 1.82) is 0 Å². The number of nitrogens with one attached hydrogen (secondary N) is 1. The van der Waals surface area contributed by atoms with Crippen LogP contribution >= 0.6 is 11.6 Å². The van der Waals surface area contributed by atoms with E-state index < -0.39 is 0 Å². The zero-order valence-corrected chi connectivity index (χ0v) is 13.4. The highest BCUT2D eigenvalue weighted by atomic mass is 35.5. The molecular formula is C17H21ClN2O2. The predicted molar refractivity (Wildman–Crippen MR) is 88.0 cm³/mol. The Hall–Kier alpha value is -1.62. The Labute approximate surface area is 136 Å². The van der Waals surface area contributed by atoms with Crippen molar-refractivity contribution < 1.29 is 9.84 Å². The molecule has 5 heteroatoms. The van der Waals surface area contributed by atoms with Crippen LogP contribution in [0.3, 0.4) is 0 Å². The Kier molecular flexibility index (Phi) is 6.65. The number of hydrogen-bond donors (Lipinski definition) is 2. The van der Waals surface area contributed by atoms with E-state index in [0.717, 1.165) is 16.9 Å². The number of aromatic nitrogens is 1. The van der Waals surface area contributed by atoms with Gasteiger partial charge < -0.3 is 15.2 Å². The standard InChI is InChI=1S/C17H21ClN2O2/c1-13(6-8-21)20-11-15-9-16(18)4-5-17(15)22-12-14-3-2-7-19-10-14/h2-5,7,9-10,13,20-21H,6,8,11-12H2,1H3. The van der Waals surface area contributed by atoms with Gasteiger partial charge in [0.2, 0.25) is 0 Å². The van der Waals surface area contributed by atoms with E-state index >= 15 is 0 Å². The smallest absolute Gasteiger partial charge is 0.124 e. The van der Waals surface area contributed by atoms with Gasteiger partial charge in [0.1, 0.15) is 12.4 Å². The maximum Gasteiger partial charge on any atom is 0.124 e. The third kappa shape index (κ3) is 5.30. The lowest BCUT2D eigenvalue weighted by atomic mass is 10.1. The molecule has 0 aliphatic heterocycles. The van der Waals surface area contributed by atoms with Gasteiger partial charge in [0.15, 0.2) is 0 Å². The van der Waals surface area contributed by atoms with Crippen LogP contribution in [0.15, 0.2) is 42.7 Å². The summed E-state index contributed by atoms with van der Waals surface area (Å²) in [5.41, 5.74) is 2.02. The Balaban J connectivity index is 2.00. The first-order chi connectivity index (χ1) is 10.7. The van der Waals surface area contributed by atoms with Gasteiger partial charge in [0.05, 0.1) is 0 Å². The molecule has 2 rings (SSSR count). The van der Waals surface area contributed by atoms with Crippen molar-refractivity contribution in [3.05, 3.63) is 58.9 Å². The second-order valence-electron chi connectivity index (χ2n) is 5.20. The van der Waals surface area contributed by atoms with Crippen LogP contribution in [0, 0.1) is 0 Å². The maximum absolute atomic E-state index is 8.95. The highest BCUT2D eigenvalue weighted by Gasteiger charge is 2.07. The average Bonchev–Trinajstić information content (AvgIpc) is 2.53. The Bertz CT molecular complexity index is 578. The van der Waals surface area contributed by atoms with Crippen LogP contribution in [-0.2, 0) is 13.2 Å². The average molecular weight is 321 g/mol. The summed E-state index contributed by atoms with van der Waals surface area (Å²) in [6.07, 6.45) is 4.24. The number of aliphatic hydroxyl groups excluding tert-OH is 1. The van der Waals surface area contributed by atoms with Gasteiger partial charge in [-0.1, -0.05) is 17.7 Å². The van der Waals surface area contributed by atoms with E-state index in [1.165, 1.54) is 0 Å². The van der Waals surface area contributed by atoms with Gasteiger partial charge in [-0.05, 0) is 37.6 Å². The largest absolute Gasteiger partial charge is 0.489 e. The van der Waals surface area contributed by atoms with Crippen molar-refractivity contribution in [2.45, 2.75) is 32.5 Å². The normalized spacial score (nSPS) is 12.1. The lowest BCUT2D eigenvalue weighted by molar-refractivity contribution is 0.267. The van der Waals surface area contributed by atoms with Gasteiger partial charge in [0, 0.05) is 47.7 Å². The first kappa shape index (κ1) is 16.7. The summed E-state index contributed by atoms with van der Waals surface area (Å²) in [6, 6.07) is 9.70. The van der Waals surface area contributed by atoms with Gasteiger partial charge in [-0.15, -0.1) is 0 Å². The predicted octanol–water partition coefficient (Wildman–Crippen LogP) is 3.17. The fourth-order valence-corrected chi connectivity index (χ4v) is 2.25. The van der Waals surface area contributed by atoms with Gasteiger partial charge >= 0.3 is 0 Å². The molecule has 0 saturated heterocycles. The quantitative estimate of drug-likeness (QED) is 0.784. The summed E-state index contributed by atoms with van der Waals surface area (Å²) >= 11 is 6.08. The molecule has 0 aliphatic carbocycles. The van der Waals surface area contributed by atoms with Crippen LogP contribution in [0.25, 0.3) is 0 Å². The summed E-state index contributed by atoms with van der Waals surface area (Å²) in [5, 5.41) is 13.0. The maximum atomic E-state index is 8.95. The molecule has 0 fully saturated rings. The molecule has 1 aromatic carbocycles. The van der Waals surface area contributed by atoms with E-state index in [2.05, 4.69) is 10.3 Å². The lowest BCUT2D eigenvalue weighted by Gasteiger charge is -2.16. The molecule has 0 radical (unpaired) electrons. The summed E-state index contributed by atoms with van der Waals surface area (Å²) in [7, 11) is 0. The topological polar surface area (TPSA) is 54.4 Å². The van der Waals surface area contributed by atoms with Crippen molar-refractivity contribution in [2.75, 3.05) is 6.61 Å². The Morgan fingerprint density at radius 2 is 2.23 bits per heavy atom. The second kappa shape index (κ2) is 8.73. The third-order valence-corrected chi connectivity index (χ3v) is 3.58. The van der Waals surface area contributed by atoms with E-state index in [0.29, 0.717) is 24.6 Å². The highest BCUT2D eigenvalue weighted by Crippen LogP contribution is 2.24. The van der Waals surface area contributed by atoms with Crippen molar-refractivity contribution >= 4 is 11.6 Å². The molecule has 118 valence electrons. The summed E-state index contributed by atoms with van der Waals surface area (Å²) < 4.78 is 5.88. The zero-order chi connectivity index (χ0) is 15.8. The van der Waals surface area contributed by atoms with Crippen LogP contribution in [-0.4, -0.2) is 22.7 Å². The molecule has 0 aliphatic rings. The van der Waals surface area contributed by atoms with E-state index in [1.54, 1.807) is 12.4 Å². The zero-order valence-electron chi connectivity index (χ0n) is 12.6. The molecule has 0 spiro atoms. The molecule has 0 saturated carbocycles. The van der Waals surface area contributed by atoms with Crippen molar-refractivity contribution in [3.8, 4) is 5.75 Å². The van der Waals surface area contributed by atoms with Gasteiger partial charge in [-0.2, -0.15) is 0 Å². The number of rotatable bonds is 8. The molecule has 2 aromatic rings.